The number of hydrogen-bond donors (Lipinski definition) is 1. The van der Waals surface area contributed by atoms with Crippen LogP contribution in [0.3, 0.4) is 0 Å². The Labute approximate surface area is 113 Å². The van der Waals surface area contributed by atoms with Gasteiger partial charge in [-0.1, -0.05) is 6.07 Å². The summed E-state index contributed by atoms with van der Waals surface area (Å²) < 4.78 is 0. The van der Waals surface area contributed by atoms with Gasteiger partial charge in [0.25, 0.3) is 0 Å². The fraction of sp³-hybridized carbons (Fsp3) is 0.500. The molecule has 0 bridgehead atoms. The van der Waals surface area contributed by atoms with Crippen molar-refractivity contribution >= 4 is 11.9 Å². The van der Waals surface area contributed by atoms with Gasteiger partial charge in [-0.15, -0.1) is 0 Å². The molecule has 0 aliphatic heterocycles. The predicted molar refractivity (Wildman–Crippen MR) is 71.7 cm³/mol. The van der Waals surface area contributed by atoms with Crippen LogP contribution >= 0.6 is 0 Å². The molecule has 1 rings (SSSR count). The van der Waals surface area contributed by atoms with Crippen LogP contribution in [0, 0.1) is 0 Å². The fourth-order valence-electron chi connectivity index (χ4n) is 1.83. The molecule has 1 aromatic rings. The fourth-order valence-corrected chi connectivity index (χ4v) is 1.83. The maximum Gasteiger partial charge on any atom is 0.303 e. The number of carboxylic acids is 1. The van der Waals surface area contributed by atoms with Crippen molar-refractivity contribution < 1.29 is 14.7 Å². The number of rotatable bonds is 7. The molecule has 1 N–H and O–H groups in total. The molecule has 0 saturated carbocycles. The van der Waals surface area contributed by atoms with E-state index in [-0.39, 0.29) is 24.8 Å². The van der Waals surface area contributed by atoms with Crippen LogP contribution < -0.4 is 0 Å². The van der Waals surface area contributed by atoms with Crippen LogP contribution in [0.5, 0.6) is 0 Å². The van der Waals surface area contributed by atoms with E-state index in [1.165, 1.54) is 0 Å². The second-order valence-corrected chi connectivity index (χ2v) is 4.68. The highest BCUT2D eigenvalue weighted by molar-refractivity contribution is 5.78. The minimum Gasteiger partial charge on any atom is -0.481 e. The predicted octanol–water partition coefficient (Wildman–Crippen LogP) is 1.73. The van der Waals surface area contributed by atoms with Gasteiger partial charge in [-0.2, -0.15) is 0 Å². The van der Waals surface area contributed by atoms with Gasteiger partial charge < -0.3 is 10.0 Å². The highest BCUT2D eigenvalue weighted by Gasteiger charge is 2.17. The van der Waals surface area contributed by atoms with Gasteiger partial charge in [0.15, 0.2) is 0 Å². The molecular weight excluding hydrogens is 244 g/mol. The number of carbonyl (C=O) groups excluding carboxylic acids is 1. The number of nitrogens with zero attached hydrogens (tertiary/aromatic N) is 2. The summed E-state index contributed by atoms with van der Waals surface area (Å²) >= 11 is 0. The van der Waals surface area contributed by atoms with Crippen LogP contribution in [0.1, 0.15) is 32.4 Å². The molecule has 5 nitrogen and oxygen atoms in total. The van der Waals surface area contributed by atoms with Crippen molar-refractivity contribution in [2.75, 3.05) is 6.54 Å². The van der Waals surface area contributed by atoms with E-state index in [4.69, 9.17) is 5.11 Å². The van der Waals surface area contributed by atoms with Gasteiger partial charge in [0.1, 0.15) is 0 Å². The van der Waals surface area contributed by atoms with E-state index in [1.807, 2.05) is 26.0 Å². The SMILES string of the molecule is CC(C)N(CCCC(=O)O)C(=O)Cc1ccccn1. The van der Waals surface area contributed by atoms with Crippen molar-refractivity contribution in [1.29, 1.82) is 0 Å². The number of aliphatic carboxylic acids is 1. The van der Waals surface area contributed by atoms with Gasteiger partial charge in [0, 0.05) is 30.9 Å². The molecular formula is C14H20N2O3. The summed E-state index contributed by atoms with van der Waals surface area (Å²) in [5.41, 5.74) is 0.733. The van der Waals surface area contributed by atoms with Crippen LogP contribution in [0.25, 0.3) is 0 Å². The smallest absolute Gasteiger partial charge is 0.303 e. The van der Waals surface area contributed by atoms with E-state index in [0.29, 0.717) is 13.0 Å². The minimum atomic E-state index is -0.833. The summed E-state index contributed by atoms with van der Waals surface area (Å²) in [6, 6.07) is 5.53. The van der Waals surface area contributed by atoms with Crippen LogP contribution in [0.15, 0.2) is 24.4 Å². The second-order valence-electron chi connectivity index (χ2n) is 4.68. The average molecular weight is 264 g/mol. The maximum atomic E-state index is 12.2. The number of aromatic nitrogens is 1. The molecule has 1 amide bonds. The molecule has 0 spiro atoms. The number of carboxylic acid groups (broad SMARTS) is 1. The van der Waals surface area contributed by atoms with Gasteiger partial charge in [0.2, 0.25) is 5.91 Å². The lowest BCUT2D eigenvalue weighted by atomic mass is 10.2. The van der Waals surface area contributed by atoms with E-state index < -0.39 is 5.97 Å². The third-order valence-electron chi connectivity index (χ3n) is 2.79. The number of hydrogen-bond acceptors (Lipinski definition) is 3. The molecule has 0 saturated heterocycles. The Balaban J connectivity index is 2.55. The molecule has 1 heterocycles. The first-order valence-electron chi connectivity index (χ1n) is 6.42. The zero-order chi connectivity index (χ0) is 14.3. The molecule has 0 unspecified atom stereocenters. The van der Waals surface area contributed by atoms with Gasteiger partial charge in [0.05, 0.1) is 6.42 Å². The van der Waals surface area contributed by atoms with Crippen molar-refractivity contribution in [1.82, 2.24) is 9.88 Å². The van der Waals surface area contributed by atoms with E-state index >= 15 is 0 Å². The van der Waals surface area contributed by atoms with Gasteiger partial charge in [-0.3, -0.25) is 14.6 Å². The Morgan fingerprint density at radius 1 is 1.37 bits per heavy atom. The second kappa shape index (κ2) is 7.51. The summed E-state index contributed by atoms with van der Waals surface area (Å²) in [5.74, 6) is -0.847. The highest BCUT2D eigenvalue weighted by atomic mass is 16.4. The molecule has 0 atom stereocenters. The van der Waals surface area contributed by atoms with Crippen molar-refractivity contribution in [2.24, 2.45) is 0 Å². The normalized spacial score (nSPS) is 10.5. The molecule has 5 heteroatoms. The van der Waals surface area contributed by atoms with Crippen molar-refractivity contribution in [3.63, 3.8) is 0 Å². The summed E-state index contributed by atoms with van der Waals surface area (Å²) in [7, 11) is 0. The van der Waals surface area contributed by atoms with Crippen molar-refractivity contribution in [3.05, 3.63) is 30.1 Å². The standard InChI is InChI=1S/C14H20N2O3/c1-11(2)16(9-5-7-14(18)19)13(17)10-12-6-3-4-8-15-12/h3-4,6,8,11H,5,7,9-10H2,1-2H3,(H,18,19). The highest BCUT2D eigenvalue weighted by Crippen LogP contribution is 2.06. The summed E-state index contributed by atoms with van der Waals surface area (Å²) in [4.78, 5) is 28.5. The number of carbonyl (C=O) groups is 2. The van der Waals surface area contributed by atoms with Crippen LogP contribution in [0.2, 0.25) is 0 Å². The van der Waals surface area contributed by atoms with E-state index in [0.717, 1.165) is 5.69 Å². The Bertz CT molecular complexity index is 418. The molecule has 0 radical (unpaired) electrons. The summed E-state index contributed by atoms with van der Waals surface area (Å²) in [5, 5.41) is 8.63. The van der Waals surface area contributed by atoms with Crippen LogP contribution in [0.4, 0.5) is 0 Å². The third-order valence-corrected chi connectivity index (χ3v) is 2.79. The average Bonchev–Trinajstić information content (AvgIpc) is 2.35. The largest absolute Gasteiger partial charge is 0.481 e. The van der Waals surface area contributed by atoms with E-state index in [2.05, 4.69) is 4.98 Å². The topological polar surface area (TPSA) is 70.5 Å². The zero-order valence-corrected chi connectivity index (χ0v) is 11.4. The maximum absolute atomic E-state index is 12.2. The first kappa shape index (κ1) is 15.1. The van der Waals surface area contributed by atoms with Crippen molar-refractivity contribution in [3.8, 4) is 0 Å². The Hall–Kier alpha value is -1.91. The monoisotopic (exact) mass is 264 g/mol. The molecule has 104 valence electrons. The molecule has 1 aromatic heterocycles. The van der Waals surface area contributed by atoms with Crippen molar-refractivity contribution in [2.45, 2.75) is 39.2 Å². The van der Waals surface area contributed by atoms with Crippen LogP contribution in [-0.4, -0.2) is 39.5 Å². The summed E-state index contributed by atoms with van der Waals surface area (Å²) in [6.07, 6.45) is 2.47. The molecule has 0 aliphatic carbocycles. The minimum absolute atomic E-state index is 0.0147. The first-order valence-corrected chi connectivity index (χ1v) is 6.42. The quantitative estimate of drug-likeness (QED) is 0.814. The third kappa shape index (κ3) is 5.50. The van der Waals surface area contributed by atoms with E-state index in [9.17, 15) is 9.59 Å². The molecule has 0 fully saturated rings. The Morgan fingerprint density at radius 3 is 2.63 bits per heavy atom. The lowest BCUT2D eigenvalue weighted by Crippen LogP contribution is -2.39. The van der Waals surface area contributed by atoms with Gasteiger partial charge in [-0.05, 0) is 32.4 Å². The lowest BCUT2D eigenvalue weighted by molar-refractivity contribution is -0.138. The zero-order valence-electron chi connectivity index (χ0n) is 11.4. The van der Waals surface area contributed by atoms with Crippen LogP contribution in [-0.2, 0) is 16.0 Å². The Kier molecular flexibility index (Phi) is 5.99. The lowest BCUT2D eigenvalue weighted by Gasteiger charge is -2.26. The Morgan fingerprint density at radius 2 is 2.11 bits per heavy atom. The van der Waals surface area contributed by atoms with Gasteiger partial charge >= 0.3 is 5.97 Å². The van der Waals surface area contributed by atoms with Gasteiger partial charge in [-0.25, -0.2) is 0 Å². The molecule has 0 aromatic carbocycles. The number of pyridine rings is 1. The molecule has 19 heavy (non-hydrogen) atoms. The summed E-state index contributed by atoms with van der Waals surface area (Å²) in [6.45, 7) is 4.32. The number of amides is 1. The van der Waals surface area contributed by atoms with E-state index in [1.54, 1.807) is 17.2 Å². The molecule has 0 aliphatic rings. The first-order chi connectivity index (χ1) is 9.00.